The van der Waals surface area contributed by atoms with Gasteiger partial charge in [-0.25, -0.2) is 0 Å². The number of carbonyl (C=O) groups is 1. The Hall–Kier alpha value is -2.74. The maximum absolute atomic E-state index is 13.9. The molecule has 36 heavy (non-hydrogen) atoms. The number of morpholine rings is 1. The maximum Gasteiger partial charge on any atom is 0.193 e. The Balaban J connectivity index is 1.33. The summed E-state index contributed by atoms with van der Waals surface area (Å²) in [7, 11) is 0. The summed E-state index contributed by atoms with van der Waals surface area (Å²) < 4.78 is 5.57. The number of carbonyl (C=O) groups excluding carboxylic acids is 1. The number of nitrogens with zero attached hydrogens (tertiary/aromatic N) is 2. The average molecular weight is 481 g/mol. The van der Waals surface area contributed by atoms with Crippen molar-refractivity contribution in [3.05, 3.63) is 74.8 Å². The van der Waals surface area contributed by atoms with E-state index in [1.807, 2.05) is 18.2 Å². The number of fused-ring (bicyclic) bond motifs is 3. The molecule has 1 aliphatic heterocycles. The zero-order chi connectivity index (χ0) is 25.0. The van der Waals surface area contributed by atoms with Gasteiger partial charge < -0.3 is 4.74 Å². The summed E-state index contributed by atoms with van der Waals surface area (Å²) in [5.74, 6) is 0.739. The lowest BCUT2D eigenvalue weighted by Crippen LogP contribution is -2.44. The fraction of sp³-hybridized carbons (Fsp3) is 0.500. The average Bonchev–Trinajstić information content (AvgIpc) is 3.32. The molecule has 4 heteroatoms. The first-order chi connectivity index (χ1) is 17.4. The van der Waals surface area contributed by atoms with Crippen LogP contribution in [0.25, 0.3) is 5.57 Å². The normalized spacial score (nSPS) is 25.2. The molecule has 1 saturated carbocycles. The SMILES string of the molecule is CCc1cc2c(cc1C1CCC(N3CCOCC3)CC1)C(C)(C)C1=C(C2=O)c2ccc(C#N)cc2C1. The molecule has 0 bridgehead atoms. The third-order valence-corrected chi connectivity index (χ3v) is 9.43. The van der Waals surface area contributed by atoms with Crippen molar-refractivity contribution in [1.29, 1.82) is 5.26 Å². The third kappa shape index (κ3) is 3.67. The van der Waals surface area contributed by atoms with Crippen molar-refractivity contribution < 1.29 is 9.53 Å². The van der Waals surface area contributed by atoms with Crippen molar-refractivity contribution >= 4 is 11.4 Å². The minimum atomic E-state index is -0.212. The number of ether oxygens (including phenoxy) is 1. The molecular weight excluding hydrogens is 444 g/mol. The Morgan fingerprint density at radius 3 is 2.50 bits per heavy atom. The van der Waals surface area contributed by atoms with Gasteiger partial charge in [-0.15, -0.1) is 0 Å². The molecule has 6 rings (SSSR count). The number of hydrogen-bond donors (Lipinski definition) is 0. The van der Waals surface area contributed by atoms with E-state index in [0.29, 0.717) is 17.5 Å². The number of hydrogen-bond acceptors (Lipinski definition) is 4. The zero-order valence-corrected chi connectivity index (χ0v) is 21.8. The number of allylic oxidation sites excluding steroid dienone is 2. The van der Waals surface area contributed by atoms with Crippen LogP contribution in [0.3, 0.4) is 0 Å². The minimum Gasteiger partial charge on any atom is -0.379 e. The summed E-state index contributed by atoms with van der Waals surface area (Å²) >= 11 is 0. The van der Waals surface area contributed by atoms with E-state index < -0.39 is 0 Å². The van der Waals surface area contributed by atoms with Gasteiger partial charge in [-0.05, 0) is 96.0 Å². The first-order valence-electron chi connectivity index (χ1n) is 13.7. The smallest absolute Gasteiger partial charge is 0.193 e. The van der Waals surface area contributed by atoms with E-state index in [0.717, 1.165) is 61.4 Å². The summed E-state index contributed by atoms with van der Waals surface area (Å²) in [6.45, 7) is 10.7. The van der Waals surface area contributed by atoms with E-state index in [4.69, 9.17) is 4.74 Å². The molecule has 2 aromatic carbocycles. The van der Waals surface area contributed by atoms with Crippen molar-refractivity contribution in [3.8, 4) is 6.07 Å². The van der Waals surface area contributed by atoms with Gasteiger partial charge in [-0.3, -0.25) is 9.69 Å². The quantitative estimate of drug-likeness (QED) is 0.544. The molecule has 0 amide bonds. The van der Waals surface area contributed by atoms with Gasteiger partial charge in [0.1, 0.15) is 0 Å². The van der Waals surface area contributed by atoms with Gasteiger partial charge in [-0.2, -0.15) is 5.26 Å². The van der Waals surface area contributed by atoms with Crippen molar-refractivity contribution in [1.82, 2.24) is 4.90 Å². The number of nitriles is 1. The number of Topliss-reactive ketones (excluding diaryl/α,β-unsaturated/α-hetero) is 1. The summed E-state index contributed by atoms with van der Waals surface area (Å²) in [5, 5.41) is 9.39. The number of ketones is 1. The molecule has 2 aromatic rings. The second-order valence-corrected chi connectivity index (χ2v) is 11.6. The lowest BCUT2D eigenvalue weighted by molar-refractivity contribution is 0.00728. The van der Waals surface area contributed by atoms with Crippen LogP contribution in [0.4, 0.5) is 0 Å². The molecule has 0 N–H and O–H groups in total. The van der Waals surface area contributed by atoms with Crippen LogP contribution in [-0.4, -0.2) is 43.0 Å². The van der Waals surface area contributed by atoms with Crippen LogP contribution in [0.2, 0.25) is 0 Å². The van der Waals surface area contributed by atoms with Crippen LogP contribution < -0.4 is 0 Å². The third-order valence-electron chi connectivity index (χ3n) is 9.43. The first-order valence-corrected chi connectivity index (χ1v) is 13.7. The van der Waals surface area contributed by atoms with Crippen LogP contribution in [0.5, 0.6) is 0 Å². The Kier molecular flexibility index (Phi) is 5.90. The summed E-state index contributed by atoms with van der Waals surface area (Å²) in [5.41, 5.74) is 9.60. The highest BCUT2D eigenvalue weighted by Gasteiger charge is 2.43. The molecule has 0 spiro atoms. The van der Waals surface area contributed by atoms with Crippen LogP contribution in [-0.2, 0) is 23.0 Å². The topological polar surface area (TPSA) is 53.3 Å². The fourth-order valence-electron chi connectivity index (χ4n) is 7.33. The summed E-state index contributed by atoms with van der Waals surface area (Å²) in [4.78, 5) is 16.6. The Bertz CT molecular complexity index is 1300. The molecule has 1 saturated heterocycles. The highest BCUT2D eigenvalue weighted by atomic mass is 16.5. The standard InChI is InChI=1S/C32H36N2O2/c1-4-21-16-27-28(18-26(21)22-6-8-24(9-7-22)34-11-13-36-14-12-34)32(2,3)29-17-23-15-20(19-33)5-10-25(23)30(29)31(27)35/h5,10,15-16,18,22,24H,4,6-9,11-14,17H2,1-3H3. The van der Waals surface area contributed by atoms with Gasteiger partial charge in [0.2, 0.25) is 0 Å². The lowest BCUT2D eigenvalue weighted by Gasteiger charge is -2.40. The predicted molar refractivity (Wildman–Crippen MR) is 142 cm³/mol. The van der Waals surface area contributed by atoms with E-state index in [2.05, 4.69) is 43.9 Å². The molecule has 186 valence electrons. The van der Waals surface area contributed by atoms with Crippen LogP contribution in [0.15, 0.2) is 35.9 Å². The lowest BCUT2D eigenvalue weighted by atomic mass is 9.66. The van der Waals surface area contributed by atoms with Gasteiger partial charge in [0.15, 0.2) is 5.78 Å². The highest BCUT2D eigenvalue weighted by molar-refractivity contribution is 6.33. The number of benzene rings is 2. The predicted octanol–water partition coefficient (Wildman–Crippen LogP) is 5.96. The molecule has 2 fully saturated rings. The van der Waals surface area contributed by atoms with E-state index in [1.54, 1.807) is 0 Å². The van der Waals surface area contributed by atoms with Crippen LogP contribution in [0.1, 0.15) is 96.1 Å². The molecule has 3 aliphatic carbocycles. The number of aryl methyl sites for hydroxylation is 1. The van der Waals surface area contributed by atoms with Crippen molar-refractivity contribution in [2.75, 3.05) is 26.3 Å². The molecule has 1 heterocycles. The van der Waals surface area contributed by atoms with Gasteiger partial charge in [-0.1, -0.05) is 32.9 Å². The summed E-state index contributed by atoms with van der Waals surface area (Å²) in [6, 6.07) is 13.4. The van der Waals surface area contributed by atoms with E-state index in [1.165, 1.54) is 47.9 Å². The van der Waals surface area contributed by atoms with Crippen LogP contribution in [0, 0.1) is 11.3 Å². The van der Waals surface area contributed by atoms with E-state index in [-0.39, 0.29) is 11.2 Å². The van der Waals surface area contributed by atoms with Gasteiger partial charge in [0.05, 0.1) is 24.8 Å². The maximum atomic E-state index is 13.9. The van der Waals surface area contributed by atoms with E-state index >= 15 is 0 Å². The second-order valence-electron chi connectivity index (χ2n) is 11.6. The fourth-order valence-corrected chi connectivity index (χ4v) is 7.33. The van der Waals surface area contributed by atoms with Gasteiger partial charge in [0, 0.05) is 35.7 Å². The molecule has 4 nitrogen and oxygen atoms in total. The van der Waals surface area contributed by atoms with Crippen molar-refractivity contribution in [2.24, 2.45) is 0 Å². The van der Waals surface area contributed by atoms with Gasteiger partial charge in [0.25, 0.3) is 0 Å². The molecule has 0 aromatic heterocycles. The zero-order valence-electron chi connectivity index (χ0n) is 21.8. The molecule has 4 aliphatic rings. The van der Waals surface area contributed by atoms with E-state index in [9.17, 15) is 10.1 Å². The van der Waals surface area contributed by atoms with Crippen molar-refractivity contribution in [3.63, 3.8) is 0 Å². The van der Waals surface area contributed by atoms with Crippen LogP contribution >= 0.6 is 0 Å². The molecule has 0 radical (unpaired) electrons. The molecular formula is C32H36N2O2. The Morgan fingerprint density at radius 2 is 1.81 bits per heavy atom. The second kappa shape index (κ2) is 8.98. The Morgan fingerprint density at radius 1 is 1.06 bits per heavy atom. The molecule has 0 atom stereocenters. The van der Waals surface area contributed by atoms with Gasteiger partial charge >= 0.3 is 0 Å². The monoisotopic (exact) mass is 480 g/mol. The minimum absolute atomic E-state index is 0.167. The highest BCUT2D eigenvalue weighted by Crippen LogP contribution is 2.51. The largest absolute Gasteiger partial charge is 0.379 e. The van der Waals surface area contributed by atoms with Crippen molar-refractivity contribution in [2.45, 2.75) is 76.7 Å². The summed E-state index contributed by atoms with van der Waals surface area (Å²) in [6.07, 6.45) is 6.65. The number of rotatable bonds is 3. The molecule has 0 unspecified atom stereocenters. The first kappa shape index (κ1) is 23.6. The Labute approximate surface area is 215 Å².